The Labute approximate surface area is 141 Å². The second kappa shape index (κ2) is 7.66. The van der Waals surface area contributed by atoms with Crippen LogP contribution < -0.4 is 10.1 Å². The van der Waals surface area contributed by atoms with E-state index in [0.29, 0.717) is 0 Å². The van der Waals surface area contributed by atoms with Crippen molar-refractivity contribution in [3.8, 4) is 5.75 Å². The molecule has 1 fully saturated rings. The molecule has 1 saturated heterocycles. The Morgan fingerprint density at radius 3 is 2.30 bits per heavy atom. The molecule has 1 aliphatic heterocycles. The first-order chi connectivity index (χ1) is 10.9. The van der Waals surface area contributed by atoms with Gasteiger partial charge in [-0.15, -0.1) is 0 Å². The van der Waals surface area contributed by atoms with Gasteiger partial charge in [0.25, 0.3) is 5.91 Å². The third-order valence-corrected chi connectivity index (χ3v) is 9.87. The summed E-state index contributed by atoms with van der Waals surface area (Å²) in [6.07, 6.45) is 7.27. The zero-order valence-electron chi connectivity index (χ0n) is 15.2. The van der Waals surface area contributed by atoms with Gasteiger partial charge in [0.2, 0.25) is 0 Å². The highest BCUT2D eigenvalue weighted by Crippen LogP contribution is 2.65. The lowest BCUT2D eigenvalue weighted by atomic mass is 10.1. The standard InChI is InChI=1S/C19H30NO2P/c1-6-9-17(23(5)10-7-8-11-23)19(21)20-18-14(2)12-16(22-4)13-15(18)3/h12-13,17H,6-11H2,1-5H3/p+1. The van der Waals surface area contributed by atoms with Crippen molar-refractivity contribution in [2.24, 2.45) is 0 Å². The second-order valence-electron chi connectivity index (χ2n) is 7.06. The van der Waals surface area contributed by atoms with E-state index in [4.69, 9.17) is 4.74 Å². The molecule has 0 aromatic heterocycles. The number of hydrogen-bond acceptors (Lipinski definition) is 2. The molecule has 1 unspecified atom stereocenters. The predicted molar refractivity (Wildman–Crippen MR) is 102 cm³/mol. The molecule has 0 spiro atoms. The number of carbonyl (C=O) groups is 1. The highest BCUT2D eigenvalue weighted by atomic mass is 31.2. The fourth-order valence-corrected chi connectivity index (χ4v) is 8.07. The molecule has 1 N–H and O–H groups in total. The van der Waals surface area contributed by atoms with E-state index in [0.717, 1.165) is 35.4 Å². The summed E-state index contributed by atoms with van der Waals surface area (Å²) in [7, 11) is 0.554. The van der Waals surface area contributed by atoms with Gasteiger partial charge in [-0.1, -0.05) is 13.3 Å². The maximum Gasteiger partial charge on any atom is 0.265 e. The SMILES string of the molecule is CCCC(C(=O)Nc1c(C)cc(OC)cc1C)[P+]1(C)CCCC1. The Bertz CT molecular complexity index is 541. The quantitative estimate of drug-likeness (QED) is 0.753. The van der Waals surface area contributed by atoms with Crippen LogP contribution in [0.3, 0.4) is 0 Å². The Morgan fingerprint density at radius 1 is 1.26 bits per heavy atom. The number of carbonyl (C=O) groups excluding carboxylic acids is 1. The average Bonchev–Trinajstić information content (AvgIpc) is 2.95. The average molecular weight is 336 g/mol. The van der Waals surface area contributed by atoms with Crippen LogP contribution in [0, 0.1) is 13.8 Å². The van der Waals surface area contributed by atoms with Gasteiger partial charge >= 0.3 is 0 Å². The summed E-state index contributed by atoms with van der Waals surface area (Å²) >= 11 is 0. The van der Waals surface area contributed by atoms with Crippen molar-refractivity contribution in [3.63, 3.8) is 0 Å². The Hall–Kier alpha value is -1.08. The number of hydrogen-bond donors (Lipinski definition) is 1. The molecular weight excluding hydrogens is 305 g/mol. The number of ether oxygens (including phenoxy) is 1. The van der Waals surface area contributed by atoms with Crippen LogP contribution in [0.2, 0.25) is 0 Å². The first kappa shape index (κ1) is 18.3. The summed E-state index contributed by atoms with van der Waals surface area (Å²) in [5.74, 6) is 1.08. The minimum absolute atomic E-state index is 0.218. The summed E-state index contributed by atoms with van der Waals surface area (Å²) < 4.78 is 5.31. The molecule has 1 aliphatic rings. The van der Waals surface area contributed by atoms with Gasteiger partial charge in [-0.2, -0.15) is 0 Å². The number of benzene rings is 1. The van der Waals surface area contributed by atoms with E-state index in [1.807, 2.05) is 26.0 Å². The van der Waals surface area contributed by atoms with Gasteiger partial charge in [0.15, 0.2) is 0 Å². The highest BCUT2D eigenvalue weighted by molar-refractivity contribution is 7.77. The third-order valence-electron chi connectivity index (χ3n) is 5.20. The molecule has 1 aromatic carbocycles. The molecule has 1 aromatic rings. The first-order valence-corrected chi connectivity index (χ1v) is 11.4. The summed E-state index contributed by atoms with van der Waals surface area (Å²) in [4.78, 5) is 13.0. The number of anilines is 1. The molecule has 0 saturated carbocycles. The van der Waals surface area contributed by atoms with Gasteiger partial charge in [-0.05, 0) is 56.4 Å². The summed E-state index contributed by atoms with van der Waals surface area (Å²) in [5.41, 5.74) is 3.32. The summed E-state index contributed by atoms with van der Waals surface area (Å²) in [6, 6.07) is 3.98. The van der Waals surface area contributed by atoms with Gasteiger partial charge in [-0.3, -0.25) is 4.79 Å². The number of amides is 1. The molecule has 0 radical (unpaired) electrons. The summed E-state index contributed by atoms with van der Waals surface area (Å²) in [5, 5.41) is 3.25. The predicted octanol–water partition coefficient (Wildman–Crippen LogP) is 4.86. The summed E-state index contributed by atoms with van der Waals surface area (Å²) in [6.45, 7) is 8.67. The van der Waals surface area contributed by atoms with Gasteiger partial charge in [-0.25, -0.2) is 0 Å². The Balaban J connectivity index is 2.22. The van der Waals surface area contributed by atoms with Crippen molar-refractivity contribution in [2.75, 3.05) is 31.4 Å². The monoisotopic (exact) mass is 336 g/mol. The third kappa shape index (κ3) is 4.07. The van der Waals surface area contributed by atoms with Crippen LogP contribution in [0.4, 0.5) is 5.69 Å². The van der Waals surface area contributed by atoms with Gasteiger partial charge in [0.1, 0.15) is 11.4 Å². The van der Waals surface area contributed by atoms with Crippen LogP contribution in [0.25, 0.3) is 0 Å². The minimum atomic E-state index is -1.12. The number of aryl methyl sites for hydroxylation is 2. The van der Waals surface area contributed by atoms with Crippen molar-refractivity contribution < 1.29 is 9.53 Å². The van der Waals surface area contributed by atoms with Crippen LogP contribution in [0.15, 0.2) is 12.1 Å². The molecule has 1 amide bonds. The smallest absolute Gasteiger partial charge is 0.265 e. The molecule has 1 atom stereocenters. The molecule has 1 heterocycles. The number of methoxy groups -OCH3 is 1. The number of nitrogens with one attached hydrogen (secondary N) is 1. The lowest BCUT2D eigenvalue weighted by molar-refractivity contribution is -0.116. The van der Waals surface area contributed by atoms with Crippen LogP contribution in [0.5, 0.6) is 5.75 Å². The molecular formula is C19H31NO2P+. The van der Waals surface area contributed by atoms with E-state index >= 15 is 0 Å². The number of rotatable bonds is 6. The van der Waals surface area contributed by atoms with Gasteiger partial charge < -0.3 is 10.1 Å². The fraction of sp³-hybridized carbons (Fsp3) is 0.632. The second-order valence-corrected chi connectivity index (χ2v) is 11.5. The lowest BCUT2D eigenvalue weighted by Gasteiger charge is -2.27. The molecule has 0 aliphatic carbocycles. The van der Waals surface area contributed by atoms with E-state index < -0.39 is 7.26 Å². The van der Waals surface area contributed by atoms with E-state index in [2.05, 4.69) is 18.9 Å². The van der Waals surface area contributed by atoms with Crippen molar-refractivity contribution in [3.05, 3.63) is 23.3 Å². The molecule has 0 bridgehead atoms. The maximum absolute atomic E-state index is 13.0. The topological polar surface area (TPSA) is 38.3 Å². The zero-order valence-corrected chi connectivity index (χ0v) is 16.1. The molecule has 2 rings (SSSR count). The maximum atomic E-state index is 13.0. The normalized spacial score (nSPS) is 17.8. The zero-order chi connectivity index (χ0) is 17.0. The molecule has 3 nitrogen and oxygen atoms in total. The van der Waals surface area contributed by atoms with Crippen molar-refractivity contribution >= 4 is 18.9 Å². The molecule has 128 valence electrons. The van der Waals surface area contributed by atoms with Crippen molar-refractivity contribution in [1.82, 2.24) is 0 Å². The van der Waals surface area contributed by atoms with E-state index in [1.165, 1.54) is 25.2 Å². The minimum Gasteiger partial charge on any atom is -0.497 e. The Kier molecular flexibility index (Phi) is 6.08. The van der Waals surface area contributed by atoms with Crippen molar-refractivity contribution in [1.29, 1.82) is 0 Å². The highest BCUT2D eigenvalue weighted by Gasteiger charge is 2.47. The van der Waals surface area contributed by atoms with Crippen LogP contribution in [-0.4, -0.2) is 37.7 Å². The molecule has 23 heavy (non-hydrogen) atoms. The van der Waals surface area contributed by atoms with Crippen LogP contribution in [0.1, 0.15) is 43.7 Å². The van der Waals surface area contributed by atoms with E-state index in [-0.39, 0.29) is 11.6 Å². The van der Waals surface area contributed by atoms with Gasteiger partial charge in [0, 0.05) is 19.6 Å². The lowest BCUT2D eigenvalue weighted by Crippen LogP contribution is -2.31. The van der Waals surface area contributed by atoms with Crippen LogP contribution in [-0.2, 0) is 4.79 Å². The van der Waals surface area contributed by atoms with Gasteiger partial charge in [0.05, 0.1) is 19.4 Å². The largest absolute Gasteiger partial charge is 0.497 e. The van der Waals surface area contributed by atoms with Crippen molar-refractivity contribution in [2.45, 2.75) is 52.1 Å². The molecule has 4 heteroatoms. The van der Waals surface area contributed by atoms with Crippen LogP contribution >= 0.6 is 7.26 Å². The first-order valence-electron chi connectivity index (χ1n) is 8.71. The fourth-order valence-electron chi connectivity index (χ4n) is 3.81. The van der Waals surface area contributed by atoms with E-state index in [1.54, 1.807) is 7.11 Å². The van der Waals surface area contributed by atoms with E-state index in [9.17, 15) is 4.79 Å². The Morgan fingerprint density at radius 2 is 1.83 bits per heavy atom.